The van der Waals surface area contributed by atoms with E-state index in [-0.39, 0.29) is 0 Å². The van der Waals surface area contributed by atoms with Crippen LogP contribution in [0.2, 0.25) is 0 Å². The maximum atomic E-state index is 4.93. The summed E-state index contributed by atoms with van der Waals surface area (Å²) >= 11 is 0. The molecule has 2 aromatic heterocycles. The summed E-state index contributed by atoms with van der Waals surface area (Å²) in [5.41, 5.74) is 3.03. The van der Waals surface area contributed by atoms with Crippen LogP contribution in [0.25, 0.3) is 22.0 Å². The predicted octanol–water partition coefficient (Wildman–Crippen LogP) is 2.96. The summed E-state index contributed by atoms with van der Waals surface area (Å²) < 4.78 is 4.93. The Morgan fingerprint density at radius 2 is 2.00 bits per heavy atom. The normalized spacial score (nSPS) is 10.8. The first-order valence-corrected chi connectivity index (χ1v) is 5.72. The molecule has 4 nitrogen and oxygen atoms in total. The van der Waals surface area contributed by atoms with E-state index in [0.29, 0.717) is 0 Å². The summed E-state index contributed by atoms with van der Waals surface area (Å²) in [6.07, 6.45) is 3.38. The number of nitrogens with zero attached hydrogens (tertiary/aromatic N) is 3. The molecule has 1 aromatic carbocycles. The lowest BCUT2D eigenvalue weighted by atomic mass is 10.0. The summed E-state index contributed by atoms with van der Waals surface area (Å²) in [7, 11) is 3.96. The van der Waals surface area contributed by atoms with Gasteiger partial charge in [-0.2, -0.15) is 0 Å². The Morgan fingerprint density at radius 3 is 2.72 bits per heavy atom. The fourth-order valence-corrected chi connectivity index (χ4v) is 1.97. The number of anilines is 1. The molecule has 0 aliphatic rings. The molecule has 0 atom stereocenters. The van der Waals surface area contributed by atoms with Gasteiger partial charge in [-0.3, -0.25) is 0 Å². The van der Waals surface area contributed by atoms with E-state index in [0.717, 1.165) is 27.8 Å². The fraction of sp³-hybridized carbons (Fsp3) is 0.143. The quantitative estimate of drug-likeness (QED) is 0.689. The van der Waals surface area contributed by atoms with Crippen molar-refractivity contribution >= 4 is 16.7 Å². The molecule has 0 fully saturated rings. The molecule has 3 rings (SSSR count). The Hall–Kier alpha value is -2.36. The van der Waals surface area contributed by atoms with E-state index in [9.17, 15) is 0 Å². The highest BCUT2D eigenvalue weighted by molar-refractivity contribution is 5.95. The van der Waals surface area contributed by atoms with Crippen LogP contribution in [-0.2, 0) is 0 Å². The molecule has 0 spiro atoms. The van der Waals surface area contributed by atoms with Gasteiger partial charge in [0.15, 0.2) is 0 Å². The summed E-state index contributed by atoms with van der Waals surface area (Å²) in [6.45, 7) is 0. The molecule has 2 heterocycles. The molecule has 0 radical (unpaired) electrons. The summed E-state index contributed by atoms with van der Waals surface area (Å²) in [5.74, 6) is 0.921. The zero-order valence-electron chi connectivity index (χ0n) is 10.3. The monoisotopic (exact) mass is 239 g/mol. The second kappa shape index (κ2) is 4.14. The first kappa shape index (κ1) is 10.8. The van der Waals surface area contributed by atoms with Crippen LogP contribution in [0.4, 0.5) is 5.82 Å². The van der Waals surface area contributed by atoms with Gasteiger partial charge in [0.2, 0.25) is 0 Å². The van der Waals surface area contributed by atoms with Gasteiger partial charge in [0.25, 0.3) is 0 Å². The molecule has 90 valence electrons. The van der Waals surface area contributed by atoms with Crippen LogP contribution in [0.5, 0.6) is 0 Å². The number of rotatable bonds is 2. The summed E-state index contributed by atoms with van der Waals surface area (Å²) in [4.78, 5) is 6.61. The minimum atomic E-state index is 0.921. The van der Waals surface area contributed by atoms with Gasteiger partial charge < -0.3 is 9.42 Å². The number of benzene rings is 1. The van der Waals surface area contributed by atoms with Gasteiger partial charge >= 0.3 is 0 Å². The Labute approximate surface area is 105 Å². The minimum absolute atomic E-state index is 0.921. The highest BCUT2D eigenvalue weighted by Crippen LogP contribution is 2.30. The van der Waals surface area contributed by atoms with Gasteiger partial charge in [-0.05, 0) is 17.7 Å². The zero-order chi connectivity index (χ0) is 12.5. The third-order valence-electron chi connectivity index (χ3n) is 2.90. The van der Waals surface area contributed by atoms with Crippen molar-refractivity contribution in [2.24, 2.45) is 0 Å². The molecule has 4 heteroatoms. The van der Waals surface area contributed by atoms with Gasteiger partial charge in [0.05, 0.1) is 11.7 Å². The van der Waals surface area contributed by atoms with Gasteiger partial charge in [-0.15, -0.1) is 0 Å². The van der Waals surface area contributed by atoms with Crippen molar-refractivity contribution < 1.29 is 4.52 Å². The second-order valence-electron chi connectivity index (χ2n) is 4.35. The highest BCUT2D eigenvalue weighted by atomic mass is 16.5. The van der Waals surface area contributed by atoms with Crippen molar-refractivity contribution in [2.45, 2.75) is 0 Å². The lowest BCUT2D eigenvalue weighted by Crippen LogP contribution is -2.10. The lowest BCUT2D eigenvalue weighted by Gasteiger charge is -2.14. The van der Waals surface area contributed by atoms with E-state index in [1.54, 1.807) is 12.5 Å². The average Bonchev–Trinajstić information content (AvgIpc) is 2.91. The number of pyridine rings is 1. The first-order valence-electron chi connectivity index (χ1n) is 5.72. The fourth-order valence-electron chi connectivity index (χ4n) is 1.97. The number of hydrogen-bond acceptors (Lipinski definition) is 4. The Morgan fingerprint density at radius 1 is 1.17 bits per heavy atom. The van der Waals surface area contributed by atoms with Gasteiger partial charge in [0, 0.05) is 25.0 Å². The minimum Gasteiger partial charge on any atom is -0.364 e. The van der Waals surface area contributed by atoms with Crippen molar-refractivity contribution in [3.8, 4) is 11.1 Å². The Kier molecular flexibility index (Phi) is 2.48. The van der Waals surface area contributed by atoms with Crippen LogP contribution in [-0.4, -0.2) is 24.2 Å². The number of aromatic nitrogens is 2. The summed E-state index contributed by atoms with van der Waals surface area (Å²) in [5, 5.41) is 4.87. The van der Waals surface area contributed by atoms with Crippen molar-refractivity contribution in [1.82, 2.24) is 10.1 Å². The van der Waals surface area contributed by atoms with Gasteiger partial charge in [0.1, 0.15) is 12.1 Å². The maximum absolute atomic E-state index is 4.93. The van der Waals surface area contributed by atoms with Crippen molar-refractivity contribution in [3.05, 3.63) is 42.8 Å². The topological polar surface area (TPSA) is 42.2 Å². The van der Waals surface area contributed by atoms with E-state index < -0.39 is 0 Å². The smallest absolute Gasteiger partial charge is 0.131 e. The third-order valence-corrected chi connectivity index (χ3v) is 2.90. The SMILES string of the molecule is CN(C)c1cc(-c2cnoc2)c2ccccc2n1. The Bertz CT molecular complexity index is 675. The molecule has 18 heavy (non-hydrogen) atoms. The molecule has 0 N–H and O–H groups in total. The molecule has 0 unspecified atom stereocenters. The summed E-state index contributed by atoms with van der Waals surface area (Å²) in [6, 6.07) is 10.1. The van der Waals surface area contributed by atoms with Crippen LogP contribution in [0.15, 0.2) is 47.3 Å². The molecule has 0 aliphatic heterocycles. The lowest BCUT2D eigenvalue weighted by molar-refractivity contribution is 0.420. The molecule has 0 saturated heterocycles. The third kappa shape index (κ3) is 1.72. The molecule has 0 amide bonds. The molecule has 0 bridgehead atoms. The van der Waals surface area contributed by atoms with Gasteiger partial charge in [-0.25, -0.2) is 4.98 Å². The van der Waals surface area contributed by atoms with Crippen LogP contribution in [0.1, 0.15) is 0 Å². The molecular weight excluding hydrogens is 226 g/mol. The number of hydrogen-bond donors (Lipinski definition) is 0. The number of para-hydroxylation sites is 1. The first-order chi connectivity index (χ1) is 8.75. The van der Waals surface area contributed by atoms with Crippen LogP contribution in [0.3, 0.4) is 0 Å². The van der Waals surface area contributed by atoms with E-state index in [4.69, 9.17) is 4.52 Å². The molecular formula is C14H13N3O. The van der Waals surface area contributed by atoms with Gasteiger partial charge in [-0.1, -0.05) is 23.4 Å². The van der Waals surface area contributed by atoms with Crippen molar-refractivity contribution in [2.75, 3.05) is 19.0 Å². The zero-order valence-corrected chi connectivity index (χ0v) is 10.3. The molecule has 0 aliphatic carbocycles. The second-order valence-corrected chi connectivity index (χ2v) is 4.35. The van der Waals surface area contributed by atoms with Crippen molar-refractivity contribution in [1.29, 1.82) is 0 Å². The predicted molar refractivity (Wildman–Crippen MR) is 71.6 cm³/mol. The maximum Gasteiger partial charge on any atom is 0.131 e. The molecule has 3 aromatic rings. The van der Waals surface area contributed by atoms with E-state index >= 15 is 0 Å². The largest absolute Gasteiger partial charge is 0.364 e. The van der Waals surface area contributed by atoms with Crippen LogP contribution < -0.4 is 4.90 Å². The Balaban J connectivity index is 2.34. The highest BCUT2D eigenvalue weighted by Gasteiger charge is 2.10. The van der Waals surface area contributed by atoms with E-state index in [1.807, 2.05) is 37.2 Å². The van der Waals surface area contributed by atoms with E-state index in [2.05, 4.69) is 22.3 Å². The van der Waals surface area contributed by atoms with E-state index in [1.165, 1.54) is 0 Å². The van der Waals surface area contributed by atoms with Crippen LogP contribution in [0, 0.1) is 0 Å². The molecule has 0 saturated carbocycles. The van der Waals surface area contributed by atoms with Crippen LogP contribution >= 0.6 is 0 Å². The van der Waals surface area contributed by atoms with Crippen molar-refractivity contribution in [3.63, 3.8) is 0 Å². The standard InChI is InChI=1S/C14H13N3O/c1-17(2)14-7-12(10-8-15-18-9-10)11-5-3-4-6-13(11)16-14/h3-9H,1-2H3. The number of fused-ring (bicyclic) bond motifs is 1. The average molecular weight is 239 g/mol.